The van der Waals surface area contributed by atoms with Gasteiger partial charge in [0.25, 0.3) is 0 Å². The third-order valence-electron chi connectivity index (χ3n) is 3.45. The summed E-state index contributed by atoms with van der Waals surface area (Å²) in [6.45, 7) is 4.99. The number of nitrogens with zero attached hydrogens (tertiary/aromatic N) is 2. The first-order valence-electron chi connectivity index (χ1n) is 7.65. The first kappa shape index (κ1) is 18.3. The fourth-order valence-electron chi connectivity index (χ4n) is 2.16. The minimum Gasteiger partial charge on any atom is -0.385 e. The lowest BCUT2D eigenvalue weighted by Gasteiger charge is -2.09. The molecule has 0 fully saturated rings. The predicted octanol–water partition coefficient (Wildman–Crippen LogP) is 1.96. The highest BCUT2D eigenvalue weighted by Crippen LogP contribution is 2.18. The molecule has 0 radical (unpaired) electrons. The molecule has 0 saturated carbocycles. The van der Waals surface area contributed by atoms with Crippen LogP contribution in [0.5, 0.6) is 0 Å². The largest absolute Gasteiger partial charge is 0.385 e. The Morgan fingerprint density at radius 2 is 2.21 bits per heavy atom. The van der Waals surface area contributed by atoms with Gasteiger partial charge < -0.3 is 10.1 Å². The number of H-pyrrole nitrogens is 1. The van der Waals surface area contributed by atoms with E-state index in [0.29, 0.717) is 24.7 Å². The van der Waals surface area contributed by atoms with Crippen molar-refractivity contribution in [3.63, 3.8) is 0 Å². The van der Waals surface area contributed by atoms with Gasteiger partial charge in [-0.2, -0.15) is 0 Å². The van der Waals surface area contributed by atoms with E-state index in [-0.39, 0.29) is 17.3 Å². The molecule has 1 aromatic heterocycles. The number of aromatic nitrogens is 3. The van der Waals surface area contributed by atoms with Gasteiger partial charge in [0.15, 0.2) is 5.16 Å². The highest BCUT2D eigenvalue weighted by Gasteiger charge is 2.12. The second-order valence-corrected chi connectivity index (χ2v) is 6.41. The molecular formula is C16H22N4O3S. The van der Waals surface area contributed by atoms with Crippen LogP contribution in [0.4, 0.5) is 5.69 Å². The van der Waals surface area contributed by atoms with Crippen LogP contribution < -0.4 is 11.0 Å². The molecule has 2 aromatic rings. The Balaban J connectivity index is 1.94. The molecule has 0 aliphatic rings. The van der Waals surface area contributed by atoms with Crippen molar-refractivity contribution in [3.8, 4) is 0 Å². The van der Waals surface area contributed by atoms with Crippen molar-refractivity contribution in [3.05, 3.63) is 39.8 Å². The van der Waals surface area contributed by atoms with Crippen molar-refractivity contribution >= 4 is 23.4 Å². The Morgan fingerprint density at radius 1 is 1.42 bits per heavy atom. The van der Waals surface area contributed by atoms with E-state index >= 15 is 0 Å². The zero-order chi connectivity index (χ0) is 17.5. The van der Waals surface area contributed by atoms with E-state index in [1.165, 1.54) is 16.3 Å². The van der Waals surface area contributed by atoms with E-state index in [2.05, 4.69) is 15.5 Å². The van der Waals surface area contributed by atoms with E-state index in [4.69, 9.17) is 4.74 Å². The molecule has 130 valence electrons. The van der Waals surface area contributed by atoms with Gasteiger partial charge in [-0.15, -0.1) is 5.10 Å². The van der Waals surface area contributed by atoms with Crippen molar-refractivity contribution in [1.82, 2.24) is 14.8 Å². The Bertz CT molecular complexity index is 754. The van der Waals surface area contributed by atoms with Gasteiger partial charge in [0.2, 0.25) is 5.91 Å². The summed E-state index contributed by atoms with van der Waals surface area (Å²) in [6.07, 6.45) is 0.707. The Hall–Kier alpha value is -2.06. The molecule has 0 aliphatic heterocycles. The smallest absolute Gasteiger partial charge is 0.343 e. The molecule has 1 aromatic carbocycles. The van der Waals surface area contributed by atoms with Crippen LogP contribution in [-0.4, -0.2) is 40.1 Å². The summed E-state index contributed by atoms with van der Waals surface area (Å²) in [5.41, 5.74) is 2.63. The summed E-state index contributed by atoms with van der Waals surface area (Å²) < 4.78 is 6.51. The molecule has 0 saturated heterocycles. The van der Waals surface area contributed by atoms with Gasteiger partial charge in [-0.05, 0) is 37.5 Å². The van der Waals surface area contributed by atoms with Crippen LogP contribution in [0.3, 0.4) is 0 Å². The monoisotopic (exact) mass is 350 g/mol. The zero-order valence-electron chi connectivity index (χ0n) is 14.1. The second kappa shape index (κ2) is 8.70. The number of ether oxygens (including phenoxy) is 1. The fourth-order valence-corrected chi connectivity index (χ4v) is 2.94. The third kappa shape index (κ3) is 4.97. The van der Waals surface area contributed by atoms with Gasteiger partial charge in [0, 0.05) is 25.9 Å². The van der Waals surface area contributed by atoms with Gasteiger partial charge >= 0.3 is 5.69 Å². The van der Waals surface area contributed by atoms with Crippen molar-refractivity contribution < 1.29 is 9.53 Å². The predicted molar refractivity (Wildman–Crippen MR) is 94.6 cm³/mol. The number of anilines is 1. The third-order valence-corrected chi connectivity index (χ3v) is 4.43. The van der Waals surface area contributed by atoms with Crippen molar-refractivity contribution in [2.45, 2.75) is 32.0 Å². The number of hydrogen-bond acceptors (Lipinski definition) is 5. The number of aryl methyl sites for hydroxylation is 2. The summed E-state index contributed by atoms with van der Waals surface area (Å²) in [7, 11) is 1.62. The summed E-state index contributed by atoms with van der Waals surface area (Å²) in [6, 6.07) is 5.91. The number of rotatable bonds is 8. The number of thioether (sulfide) groups is 1. The van der Waals surface area contributed by atoms with Crippen LogP contribution in [0.15, 0.2) is 28.2 Å². The van der Waals surface area contributed by atoms with Crippen molar-refractivity contribution in [2.75, 3.05) is 24.8 Å². The lowest BCUT2D eigenvalue weighted by molar-refractivity contribution is -0.113. The molecule has 1 heterocycles. The standard InChI is InChI=1S/C16H22N4O3S/c1-11-5-6-12(2)13(9-11)17-14(21)10-24-16-19-18-15(22)20(16)7-4-8-23-3/h5-6,9H,4,7-8,10H2,1-3H3,(H,17,21)(H,18,22). The summed E-state index contributed by atoms with van der Waals surface area (Å²) in [5, 5.41) is 9.79. The summed E-state index contributed by atoms with van der Waals surface area (Å²) in [4.78, 5) is 23.9. The molecule has 8 heteroatoms. The first-order chi connectivity index (χ1) is 11.5. The maximum absolute atomic E-state index is 12.2. The lowest BCUT2D eigenvalue weighted by atomic mass is 10.1. The summed E-state index contributed by atoms with van der Waals surface area (Å²) in [5.74, 6) is 0.0506. The van der Waals surface area contributed by atoms with Gasteiger partial charge in [-0.1, -0.05) is 23.9 Å². The van der Waals surface area contributed by atoms with Crippen LogP contribution >= 0.6 is 11.8 Å². The number of benzene rings is 1. The van der Waals surface area contributed by atoms with E-state index in [0.717, 1.165) is 16.8 Å². The molecule has 24 heavy (non-hydrogen) atoms. The average molecular weight is 350 g/mol. The maximum Gasteiger partial charge on any atom is 0.343 e. The molecule has 0 atom stereocenters. The molecule has 7 nitrogen and oxygen atoms in total. The molecule has 0 spiro atoms. The van der Waals surface area contributed by atoms with Crippen LogP contribution in [0.25, 0.3) is 0 Å². The van der Waals surface area contributed by atoms with Crippen LogP contribution in [-0.2, 0) is 16.1 Å². The number of hydrogen-bond donors (Lipinski definition) is 2. The SMILES string of the molecule is COCCCn1c(SCC(=O)Nc2cc(C)ccc2C)n[nH]c1=O. The van der Waals surface area contributed by atoms with E-state index in [1.54, 1.807) is 7.11 Å². The highest BCUT2D eigenvalue weighted by molar-refractivity contribution is 7.99. The molecule has 2 N–H and O–H groups in total. The Labute approximate surface area is 144 Å². The first-order valence-corrected chi connectivity index (χ1v) is 8.64. The number of carbonyl (C=O) groups is 1. The molecule has 0 aliphatic carbocycles. The van der Waals surface area contributed by atoms with Crippen molar-refractivity contribution in [2.24, 2.45) is 0 Å². The second-order valence-electron chi connectivity index (χ2n) is 5.46. The summed E-state index contributed by atoms with van der Waals surface area (Å²) >= 11 is 1.23. The minimum absolute atomic E-state index is 0.132. The van der Waals surface area contributed by atoms with Crippen LogP contribution in [0.2, 0.25) is 0 Å². The van der Waals surface area contributed by atoms with Gasteiger partial charge in [-0.3, -0.25) is 9.36 Å². The normalized spacial score (nSPS) is 10.8. The van der Waals surface area contributed by atoms with Gasteiger partial charge in [-0.25, -0.2) is 9.89 Å². The number of amides is 1. The minimum atomic E-state index is -0.275. The Kier molecular flexibility index (Phi) is 6.62. The molecule has 1 amide bonds. The molecule has 2 rings (SSSR count). The van der Waals surface area contributed by atoms with E-state index < -0.39 is 0 Å². The lowest BCUT2D eigenvalue weighted by Crippen LogP contribution is -2.19. The van der Waals surface area contributed by atoms with Crippen LogP contribution in [0.1, 0.15) is 17.5 Å². The molecular weight excluding hydrogens is 328 g/mol. The highest BCUT2D eigenvalue weighted by atomic mass is 32.2. The number of methoxy groups -OCH3 is 1. The number of carbonyl (C=O) groups excluding carboxylic acids is 1. The van der Waals surface area contributed by atoms with Gasteiger partial charge in [0.05, 0.1) is 5.75 Å². The van der Waals surface area contributed by atoms with Crippen LogP contribution in [0, 0.1) is 13.8 Å². The average Bonchev–Trinajstić information content (AvgIpc) is 2.90. The Morgan fingerprint density at radius 3 is 2.96 bits per heavy atom. The molecule has 0 bridgehead atoms. The zero-order valence-corrected chi connectivity index (χ0v) is 14.9. The van der Waals surface area contributed by atoms with Crippen molar-refractivity contribution in [1.29, 1.82) is 0 Å². The topological polar surface area (TPSA) is 89.0 Å². The van der Waals surface area contributed by atoms with E-state index in [9.17, 15) is 9.59 Å². The van der Waals surface area contributed by atoms with Gasteiger partial charge in [0.1, 0.15) is 0 Å². The fraction of sp³-hybridized carbons (Fsp3) is 0.438. The number of nitrogens with one attached hydrogen (secondary N) is 2. The molecule has 0 unspecified atom stereocenters. The quantitative estimate of drug-likeness (QED) is 0.561. The number of aromatic amines is 1. The maximum atomic E-state index is 12.2. The van der Waals surface area contributed by atoms with E-state index in [1.807, 2.05) is 32.0 Å².